The molecule has 1 aliphatic rings. The van der Waals surface area contributed by atoms with E-state index in [1.165, 1.54) is 27.3 Å². The lowest BCUT2D eigenvalue weighted by atomic mass is 10.00. The first kappa shape index (κ1) is 20.6. The third-order valence-electron chi connectivity index (χ3n) is 6.84. The lowest BCUT2D eigenvalue weighted by Crippen LogP contribution is -2.09. The van der Waals surface area contributed by atoms with E-state index in [1.54, 1.807) is 0 Å². The normalized spacial score (nSPS) is 14.3. The molecule has 6 aromatic rings. The van der Waals surface area contributed by atoms with Crippen molar-refractivity contribution >= 4 is 38.6 Å². The molecule has 0 radical (unpaired) electrons. The van der Waals surface area contributed by atoms with E-state index < -0.39 is 0 Å². The molecule has 3 nitrogen and oxygen atoms in total. The standard InChI is InChI=1S/C33H24N2O/c1-3-8-22(9-4-1)26-12-7-13-27(20-26)34-28-18-16-23-14-15-24-17-19-30-32(31(24)29(23)21-28)36-33(35-30)25-10-5-2-6-11-25/h1-21,33-35H. The minimum Gasteiger partial charge on any atom is -0.464 e. The molecule has 0 aromatic heterocycles. The van der Waals surface area contributed by atoms with Crippen LogP contribution in [0.1, 0.15) is 11.8 Å². The Labute approximate surface area is 210 Å². The fourth-order valence-corrected chi connectivity index (χ4v) is 5.07. The number of hydrogen-bond acceptors (Lipinski definition) is 3. The van der Waals surface area contributed by atoms with E-state index in [4.69, 9.17) is 4.74 Å². The summed E-state index contributed by atoms with van der Waals surface area (Å²) >= 11 is 0. The van der Waals surface area contributed by atoms with Crippen molar-refractivity contribution in [2.45, 2.75) is 6.23 Å². The summed E-state index contributed by atoms with van der Waals surface area (Å²) in [7, 11) is 0. The van der Waals surface area contributed by atoms with E-state index in [0.29, 0.717) is 0 Å². The Kier molecular flexibility index (Phi) is 4.85. The van der Waals surface area contributed by atoms with Gasteiger partial charge >= 0.3 is 0 Å². The molecule has 1 atom stereocenters. The van der Waals surface area contributed by atoms with Gasteiger partial charge in [-0.1, -0.05) is 97.1 Å². The third kappa shape index (κ3) is 3.62. The maximum Gasteiger partial charge on any atom is 0.196 e. The molecule has 36 heavy (non-hydrogen) atoms. The Hall–Kier alpha value is -4.76. The van der Waals surface area contributed by atoms with Gasteiger partial charge in [0.2, 0.25) is 0 Å². The van der Waals surface area contributed by atoms with Gasteiger partial charge in [-0.3, -0.25) is 0 Å². The molecule has 0 bridgehead atoms. The largest absolute Gasteiger partial charge is 0.464 e. The van der Waals surface area contributed by atoms with E-state index in [0.717, 1.165) is 33.8 Å². The molecular weight excluding hydrogens is 440 g/mol. The van der Waals surface area contributed by atoms with Gasteiger partial charge in [0.15, 0.2) is 12.0 Å². The van der Waals surface area contributed by atoms with E-state index in [1.807, 2.05) is 24.3 Å². The zero-order valence-electron chi connectivity index (χ0n) is 19.6. The molecule has 1 heterocycles. The Morgan fingerprint density at radius 3 is 2.14 bits per heavy atom. The summed E-state index contributed by atoms with van der Waals surface area (Å²) in [5.41, 5.74) is 6.64. The van der Waals surface area contributed by atoms with Crippen molar-refractivity contribution in [2.24, 2.45) is 0 Å². The van der Waals surface area contributed by atoms with E-state index in [2.05, 4.69) is 114 Å². The highest BCUT2D eigenvalue weighted by Gasteiger charge is 2.26. The average molecular weight is 465 g/mol. The lowest BCUT2D eigenvalue weighted by Gasteiger charge is -2.13. The van der Waals surface area contributed by atoms with Gasteiger partial charge in [0, 0.05) is 22.3 Å². The molecular formula is C33H24N2O. The Morgan fingerprint density at radius 2 is 1.28 bits per heavy atom. The van der Waals surface area contributed by atoms with Crippen LogP contribution in [0.3, 0.4) is 0 Å². The average Bonchev–Trinajstić information content (AvgIpc) is 3.39. The predicted molar refractivity (Wildman–Crippen MR) is 150 cm³/mol. The first-order valence-corrected chi connectivity index (χ1v) is 12.2. The predicted octanol–water partition coefficient (Wildman–Crippen LogP) is 8.91. The highest BCUT2D eigenvalue weighted by molar-refractivity contribution is 6.13. The molecule has 3 heteroatoms. The molecule has 0 saturated carbocycles. The number of nitrogens with one attached hydrogen (secondary N) is 2. The summed E-state index contributed by atoms with van der Waals surface area (Å²) in [4.78, 5) is 0. The fourth-order valence-electron chi connectivity index (χ4n) is 5.07. The van der Waals surface area contributed by atoms with Gasteiger partial charge in [0.1, 0.15) is 0 Å². The zero-order chi connectivity index (χ0) is 23.9. The van der Waals surface area contributed by atoms with Crippen LogP contribution in [0.25, 0.3) is 32.7 Å². The first-order chi connectivity index (χ1) is 17.8. The minimum atomic E-state index is -0.191. The van der Waals surface area contributed by atoms with Gasteiger partial charge in [-0.15, -0.1) is 0 Å². The number of ether oxygens (including phenoxy) is 1. The summed E-state index contributed by atoms with van der Waals surface area (Å²) in [6.45, 7) is 0. The molecule has 0 aliphatic carbocycles. The number of rotatable bonds is 4. The second-order valence-electron chi connectivity index (χ2n) is 9.17. The highest BCUT2D eigenvalue weighted by Crippen LogP contribution is 2.46. The van der Waals surface area contributed by atoms with E-state index in [-0.39, 0.29) is 6.23 Å². The van der Waals surface area contributed by atoms with Crippen LogP contribution in [0.15, 0.2) is 127 Å². The Morgan fingerprint density at radius 1 is 0.583 bits per heavy atom. The summed E-state index contributed by atoms with van der Waals surface area (Å²) in [6.07, 6.45) is -0.191. The molecule has 1 aliphatic heterocycles. The smallest absolute Gasteiger partial charge is 0.196 e. The van der Waals surface area contributed by atoms with Gasteiger partial charge in [-0.25, -0.2) is 0 Å². The topological polar surface area (TPSA) is 33.3 Å². The van der Waals surface area contributed by atoms with Crippen LogP contribution in [0.2, 0.25) is 0 Å². The summed E-state index contributed by atoms with van der Waals surface area (Å²) < 4.78 is 6.51. The number of benzene rings is 6. The van der Waals surface area contributed by atoms with Crippen molar-refractivity contribution in [3.63, 3.8) is 0 Å². The van der Waals surface area contributed by atoms with Gasteiger partial charge in [-0.2, -0.15) is 0 Å². The summed E-state index contributed by atoms with van der Waals surface area (Å²) in [6, 6.07) is 44.5. The van der Waals surface area contributed by atoms with Crippen molar-refractivity contribution < 1.29 is 4.74 Å². The fraction of sp³-hybridized carbons (Fsp3) is 0.0303. The molecule has 0 fully saturated rings. The van der Waals surface area contributed by atoms with Crippen LogP contribution in [0, 0.1) is 0 Å². The maximum absolute atomic E-state index is 6.51. The van der Waals surface area contributed by atoms with Crippen LogP contribution in [0.5, 0.6) is 5.75 Å². The number of anilines is 3. The maximum atomic E-state index is 6.51. The van der Waals surface area contributed by atoms with Crippen molar-refractivity contribution in [1.82, 2.24) is 0 Å². The van der Waals surface area contributed by atoms with Crippen LogP contribution < -0.4 is 15.4 Å². The van der Waals surface area contributed by atoms with Gasteiger partial charge in [0.05, 0.1) is 5.69 Å². The Bertz CT molecular complexity index is 1710. The molecule has 0 amide bonds. The number of hydrogen-bond donors (Lipinski definition) is 2. The summed E-state index contributed by atoms with van der Waals surface area (Å²) in [5, 5.41) is 11.8. The Balaban J connectivity index is 1.29. The van der Waals surface area contributed by atoms with Gasteiger partial charge in [-0.05, 0) is 57.6 Å². The molecule has 1 unspecified atom stereocenters. The first-order valence-electron chi connectivity index (χ1n) is 12.2. The van der Waals surface area contributed by atoms with Crippen LogP contribution >= 0.6 is 0 Å². The molecule has 0 saturated heterocycles. The SMILES string of the molecule is c1ccc(-c2cccc(Nc3ccc4ccc5ccc6c(c5c4c3)OC(c3ccccc3)N6)c2)cc1. The molecule has 7 rings (SSSR count). The van der Waals surface area contributed by atoms with E-state index in [9.17, 15) is 0 Å². The third-order valence-corrected chi connectivity index (χ3v) is 6.84. The second-order valence-corrected chi connectivity index (χ2v) is 9.17. The molecule has 2 N–H and O–H groups in total. The monoisotopic (exact) mass is 464 g/mol. The van der Waals surface area contributed by atoms with Crippen molar-refractivity contribution in [1.29, 1.82) is 0 Å². The number of fused-ring (bicyclic) bond motifs is 5. The zero-order valence-corrected chi connectivity index (χ0v) is 19.6. The van der Waals surface area contributed by atoms with Crippen LogP contribution in [-0.2, 0) is 0 Å². The van der Waals surface area contributed by atoms with Crippen molar-refractivity contribution in [3.8, 4) is 16.9 Å². The van der Waals surface area contributed by atoms with Crippen LogP contribution in [0.4, 0.5) is 17.1 Å². The second kappa shape index (κ2) is 8.47. The van der Waals surface area contributed by atoms with Gasteiger partial charge in [0.25, 0.3) is 0 Å². The van der Waals surface area contributed by atoms with Crippen molar-refractivity contribution in [2.75, 3.05) is 10.6 Å². The van der Waals surface area contributed by atoms with Gasteiger partial charge < -0.3 is 15.4 Å². The summed E-state index contributed by atoms with van der Waals surface area (Å²) in [5.74, 6) is 0.912. The molecule has 0 spiro atoms. The quantitative estimate of drug-likeness (QED) is 0.256. The molecule has 172 valence electrons. The van der Waals surface area contributed by atoms with E-state index >= 15 is 0 Å². The lowest BCUT2D eigenvalue weighted by molar-refractivity contribution is 0.263. The highest BCUT2D eigenvalue weighted by atomic mass is 16.5. The minimum absolute atomic E-state index is 0.191. The van der Waals surface area contributed by atoms with Crippen LogP contribution in [-0.4, -0.2) is 0 Å². The molecule has 6 aromatic carbocycles. The van der Waals surface area contributed by atoms with Crippen molar-refractivity contribution in [3.05, 3.63) is 133 Å².